The Bertz CT molecular complexity index is 1010. The molecule has 0 aliphatic carbocycles. The number of halogens is 3. The van der Waals surface area contributed by atoms with E-state index in [0.29, 0.717) is 24.9 Å². The predicted octanol–water partition coefficient (Wildman–Crippen LogP) is 4.34. The van der Waals surface area contributed by atoms with E-state index in [9.17, 15) is 22.8 Å². The van der Waals surface area contributed by atoms with E-state index in [2.05, 4.69) is 10.6 Å². The molecule has 0 radical (unpaired) electrons. The zero-order valence-electron chi connectivity index (χ0n) is 19.0. The van der Waals surface area contributed by atoms with Gasteiger partial charge in [-0.1, -0.05) is 56.3 Å². The molecular weight excluding hydrogens is 433 g/mol. The number of rotatable bonds is 7. The van der Waals surface area contributed by atoms with Crippen molar-refractivity contribution < 1.29 is 27.5 Å². The maximum Gasteiger partial charge on any atom is 0.416 e. The molecule has 33 heavy (non-hydrogen) atoms. The molecule has 1 amide bonds. The number of ether oxygens (including phenoxy) is 1. The molecule has 2 aromatic carbocycles. The van der Waals surface area contributed by atoms with Crippen molar-refractivity contribution in [1.82, 2.24) is 10.6 Å². The molecule has 2 aromatic rings. The summed E-state index contributed by atoms with van der Waals surface area (Å²) in [6, 6.07) is 11.6. The number of benzene rings is 2. The molecule has 1 heterocycles. The molecule has 0 aromatic heterocycles. The predicted molar refractivity (Wildman–Crippen MR) is 118 cm³/mol. The molecular formula is C25H29F3N2O3. The van der Waals surface area contributed by atoms with E-state index in [-0.39, 0.29) is 23.8 Å². The highest BCUT2D eigenvalue weighted by molar-refractivity contribution is 5.83. The van der Waals surface area contributed by atoms with Crippen molar-refractivity contribution in [3.05, 3.63) is 70.8 Å². The average molecular weight is 463 g/mol. The van der Waals surface area contributed by atoms with Gasteiger partial charge in [0, 0.05) is 25.5 Å². The molecule has 2 N–H and O–H groups in total. The Morgan fingerprint density at radius 2 is 1.79 bits per heavy atom. The van der Waals surface area contributed by atoms with E-state index in [4.69, 9.17) is 4.74 Å². The monoisotopic (exact) mass is 462 g/mol. The van der Waals surface area contributed by atoms with Crippen LogP contribution in [-0.2, 0) is 39.1 Å². The lowest BCUT2D eigenvalue weighted by Gasteiger charge is -2.41. The molecule has 1 aliphatic heterocycles. The molecule has 2 atom stereocenters. The van der Waals surface area contributed by atoms with Gasteiger partial charge in [0.2, 0.25) is 5.91 Å². The largest absolute Gasteiger partial charge is 0.438 e. The maximum atomic E-state index is 13.7. The van der Waals surface area contributed by atoms with Crippen molar-refractivity contribution in [3.63, 3.8) is 0 Å². The fourth-order valence-electron chi connectivity index (χ4n) is 4.30. The second-order valence-electron chi connectivity index (χ2n) is 8.80. The van der Waals surface area contributed by atoms with Gasteiger partial charge < -0.3 is 10.1 Å². The van der Waals surface area contributed by atoms with Crippen LogP contribution in [0.25, 0.3) is 0 Å². The summed E-state index contributed by atoms with van der Waals surface area (Å²) in [7, 11) is 0. The van der Waals surface area contributed by atoms with Crippen molar-refractivity contribution in [1.29, 1.82) is 0 Å². The highest BCUT2D eigenvalue weighted by Gasteiger charge is 2.44. The first-order valence-corrected chi connectivity index (χ1v) is 11.0. The summed E-state index contributed by atoms with van der Waals surface area (Å²) in [5.41, 5.74) is -0.741. The summed E-state index contributed by atoms with van der Waals surface area (Å²) >= 11 is 0. The molecule has 8 heteroatoms. The van der Waals surface area contributed by atoms with Gasteiger partial charge in [-0.2, -0.15) is 13.2 Å². The Morgan fingerprint density at radius 1 is 1.12 bits per heavy atom. The van der Waals surface area contributed by atoms with Gasteiger partial charge in [0.05, 0.1) is 5.56 Å². The molecule has 5 nitrogen and oxygen atoms in total. The minimum Gasteiger partial charge on any atom is -0.438 e. The Hall–Kier alpha value is -2.87. The summed E-state index contributed by atoms with van der Waals surface area (Å²) in [5, 5.41) is 5.81. The highest BCUT2D eigenvalue weighted by Crippen LogP contribution is 2.38. The van der Waals surface area contributed by atoms with Gasteiger partial charge >= 0.3 is 12.1 Å². The van der Waals surface area contributed by atoms with Crippen molar-refractivity contribution in [3.8, 4) is 0 Å². The standard InChI is InChI=1S/C25H29F3N2O3/c1-16(2)14-22(30-17(3)31)23(32)33-24(20-10-6-4-8-18(20)12-13-29-24)15-19-9-5-7-11-21(19)25(26,27)28/h4-11,16,22,29H,12-15H2,1-3H3,(H,30,31)/t22-,24?/m0/s1. The molecule has 1 unspecified atom stereocenters. The van der Waals surface area contributed by atoms with Gasteiger partial charge in [-0.05, 0) is 36.0 Å². The van der Waals surface area contributed by atoms with E-state index in [1.54, 1.807) is 12.1 Å². The minimum absolute atomic E-state index is 0.0157. The molecule has 0 fully saturated rings. The lowest BCUT2D eigenvalue weighted by Crippen LogP contribution is -2.55. The Labute approximate surface area is 191 Å². The van der Waals surface area contributed by atoms with Gasteiger partial charge in [-0.3, -0.25) is 10.1 Å². The topological polar surface area (TPSA) is 67.4 Å². The number of alkyl halides is 3. The molecule has 0 saturated heterocycles. The van der Waals surface area contributed by atoms with E-state index >= 15 is 0 Å². The minimum atomic E-state index is -4.55. The smallest absolute Gasteiger partial charge is 0.416 e. The SMILES string of the molecule is CC(=O)N[C@@H](CC(C)C)C(=O)OC1(Cc2ccccc2C(F)(F)F)NCCc2ccccc21. The maximum absolute atomic E-state index is 13.7. The molecule has 0 bridgehead atoms. The van der Waals surface area contributed by atoms with Crippen LogP contribution in [-0.4, -0.2) is 24.5 Å². The molecule has 3 rings (SSSR count). The first kappa shape index (κ1) is 24.8. The van der Waals surface area contributed by atoms with Crippen LogP contribution < -0.4 is 10.6 Å². The number of hydrogen-bond donors (Lipinski definition) is 2. The van der Waals surface area contributed by atoms with Crippen molar-refractivity contribution in [2.45, 2.75) is 58.0 Å². The van der Waals surface area contributed by atoms with E-state index in [1.165, 1.54) is 25.1 Å². The summed E-state index contributed by atoms with van der Waals surface area (Å²) in [4.78, 5) is 25.0. The normalized spacial score (nSPS) is 19.0. The van der Waals surface area contributed by atoms with Crippen LogP contribution in [0, 0.1) is 5.92 Å². The van der Waals surface area contributed by atoms with E-state index in [0.717, 1.165) is 11.6 Å². The lowest BCUT2D eigenvalue weighted by molar-refractivity contribution is -0.170. The van der Waals surface area contributed by atoms with Crippen molar-refractivity contribution >= 4 is 11.9 Å². The van der Waals surface area contributed by atoms with Crippen LogP contribution in [0.3, 0.4) is 0 Å². The Kier molecular flexibility index (Phi) is 7.47. The van der Waals surface area contributed by atoms with E-state index < -0.39 is 29.5 Å². The van der Waals surface area contributed by atoms with Gasteiger partial charge in [0.25, 0.3) is 0 Å². The summed E-state index contributed by atoms with van der Waals surface area (Å²) in [5.74, 6) is -0.985. The zero-order valence-corrected chi connectivity index (χ0v) is 19.0. The summed E-state index contributed by atoms with van der Waals surface area (Å²) in [6.45, 7) is 5.55. The summed E-state index contributed by atoms with van der Waals surface area (Å²) < 4.78 is 47.2. The number of amides is 1. The first-order chi connectivity index (χ1) is 15.5. The van der Waals surface area contributed by atoms with Crippen LogP contribution in [0.5, 0.6) is 0 Å². The average Bonchev–Trinajstić information content (AvgIpc) is 2.72. The lowest BCUT2D eigenvalue weighted by atomic mass is 9.85. The highest BCUT2D eigenvalue weighted by atomic mass is 19.4. The molecule has 0 spiro atoms. The second kappa shape index (κ2) is 9.95. The number of hydrogen-bond acceptors (Lipinski definition) is 4. The van der Waals surface area contributed by atoms with Crippen LogP contribution in [0.2, 0.25) is 0 Å². The third-order valence-electron chi connectivity index (χ3n) is 5.66. The van der Waals surface area contributed by atoms with Gasteiger partial charge in [-0.25, -0.2) is 4.79 Å². The fourth-order valence-corrected chi connectivity index (χ4v) is 4.30. The quantitative estimate of drug-likeness (QED) is 0.601. The summed E-state index contributed by atoms with van der Waals surface area (Å²) in [6.07, 6.45) is -3.76. The van der Waals surface area contributed by atoms with Crippen LogP contribution in [0.4, 0.5) is 13.2 Å². The van der Waals surface area contributed by atoms with Crippen LogP contribution in [0.1, 0.15) is 49.4 Å². The number of nitrogens with one attached hydrogen (secondary N) is 2. The van der Waals surface area contributed by atoms with Crippen molar-refractivity contribution in [2.75, 3.05) is 6.54 Å². The fraction of sp³-hybridized carbons (Fsp3) is 0.440. The van der Waals surface area contributed by atoms with Gasteiger partial charge in [0.15, 0.2) is 5.72 Å². The number of esters is 1. The third-order valence-corrected chi connectivity index (χ3v) is 5.66. The van der Waals surface area contributed by atoms with Gasteiger partial charge in [-0.15, -0.1) is 0 Å². The van der Waals surface area contributed by atoms with Crippen molar-refractivity contribution in [2.24, 2.45) is 5.92 Å². The Morgan fingerprint density at radius 3 is 2.45 bits per heavy atom. The van der Waals surface area contributed by atoms with Crippen LogP contribution >= 0.6 is 0 Å². The van der Waals surface area contributed by atoms with E-state index in [1.807, 2.05) is 26.0 Å². The van der Waals surface area contributed by atoms with Crippen LogP contribution in [0.15, 0.2) is 48.5 Å². The number of carbonyl (C=O) groups excluding carboxylic acids is 2. The second-order valence-corrected chi connectivity index (χ2v) is 8.80. The number of fused-ring (bicyclic) bond motifs is 1. The molecule has 178 valence electrons. The van der Waals surface area contributed by atoms with Gasteiger partial charge in [0.1, 0.15) is 6.04 Å². The number of carbonyl (C=O) groups is 2. The Balaban J connectivity index is 2.06. The zero-order chi connectivity index (χ0) is 24.2. The first-order valence-electron chi connectivity index (χ1n) is 11.0. The molecule has 1 aliphatic rings. The third kappa shape index (κ3) is 5.93. The molecule has 0 saturated carbocycles.